The molecule has 3 aromatic rings. The van der Waals surface area contributed by atoms with Crippen molar-refractivity contribution in [2.45, 2.75) is 6.61 Å². The molecule has 0 saturated heterocycles. The number of ether oxygens (including phenoxy) is 1. The Labute approximate surface area is 184 Å². The molecule has 1 aromatic heterocycles. The Morgan fingerprint density at radius 2 is 2.00 bits per heavy atom. The van der Waals surface area contributed by atoms with Gasteiger partial charge in [-0.15, -0.1) is 0 Å². The van der Waals surface area contributed by atoms with Crippen LogP contribution in [0, 0.1) is 10.1 Å². The Kier molecular flexibility index (Phi) is 7.03. The summed E-state index contributed by atoms with van der Waals surface area (Å²) in [7, 11) is 0. The molecule has 0 fully saturated rings. The van der Waals surface area contributed by atoms with Crippen LogP contribution < -0.4 is 10.2 Å². The van der Waals surface area contributed by atoms with Crippen LogP contribution in [0.15, 0.2) is 64.3 Å². The molecule has 3 rings (SSSR count). The van der Waals surface area contributed by atoms with Crippen LogP contribution in [-0.4, -0.2) is 16.1 Å². The first kappa shape index (κ1) is 21.0. The highest BCUT2D eigenvalue weighted by Gasteiger charge is 2.10. The van der Waals surface area contributed by atoms with Crippen molar-refractivity contribution in [3.8, 4) is 5.75 Å². The zero-order chi connectivity index (χ0) is 20.8. The SMILES string of the molecule is O=[N+]([O-])c1ccc(N/N=C/c2cc(Cl)c(OCc3ccccc3Cl)c(Br)c2)nc1. The van der Waals surface area contributed by atoms with E-state index in [1.165, 1.54) is 18.3 Å². The first-order valence-corrected chi connectivity index (χ1v) is 9.73. The molecule has 148 valence electrons. The fourth-order valence-electron chi connectivity index (χ4n) is 2.29. The third kappa shape index (κ3) is 5.66. The molecular weight excluding hydrogens is 483 g/mol. The number of nitrogens with zero attached hydrogens (tertiary/aromatic N) is 3. The molecule has 7 nitrogen and oxygen atoms in total. The Balaban J connectivity index is 1.66. The third-order valence-corrected chi connectivity index (χ3v) is 4.94. The summed E-state index contributed by atoms with van der Waals surface area (Å²) in [6.07, 6.45) is 2.69. The van der Waals surface area contributed by atoms with Gasteiger partial charge in [-0.3, -0.25) is 15.5 Å². The summed E-state index contributed by atoms with van der Waals surface area (Å²) in [5, 5.41) is 15.7. The van der Waals surface area contributed by atoms with E-state index in [1.54, 1.807) is 18.2 Å². The average molecular weight is 496 g/mol. The molecule has 1 heterocycles. The van der Waals surface area contributed by atoms with Gasteiger partial charge < -0.3 is 4.74 Å². The fourth-order valence-corrected chi connectivity index (χ4v) is 3.47. The molecular formula is C19H13BrCl2N4O3. The first-order valence-electron chi connectivity index (χ1n) is 8.19. The lowest BCUT2D eigenvalue weighted by atomic mass is 10.2. The second-order valence-electron chi connectivity index (χ2n) is 5.72. The van der Waals surface area contributed by atoms with Crippen LogP contribution in [0.2, 0.25) is 10.0 Å². The van der Waals surface area contributed by atoms with Gasteiger partial charge in [0, 0.05) is 16.7 Å². The van der Waals surface area contributed by atoms with Crippen molar-refractivity contribution < 1.29 is 9.66 Å². The van der Waals surface area contributed by atoms with Crippen molar-refractivity contribution in [1.29, 1.82) is 0 Å². The van der Waals surface area contributed by atoms with Gasteiger partial charge in [-0.2, -0.15) is 5.10 Å². The Morgan fingerprint density at radius 1 is 1.21 bits per heavy atom. The topological polar surface area (TPSA) is 89.7 Å². The third-order valence-electron chi connectivity index (χ3n) is 3.70. The lowest BCUT2D eigenvalue weighted by Crippen LogP contribution is -1.99. The van der Waals surface area contributed by atoms with E-state index in [9.17, 15) is 10.1 Å². The molecule has 0 saturated carbocycles. The largest absolute Gasteiger partial charge is 0.486 e. The van der Waals surface area contributed by atoms with E-state index < -0.39 is 4.92 Å². The molecule has 0 bridgehead atoms. The average Bonchev–Trinajstić information content (AvgIpc) is 2.69. The normalized spacial score (nSPS) is 10.9. The van der Waals surface area contributed by atoms with Crippen molar-refractivity contribution in [2.24, 2.45) is 5.10 Å². The zero-order valence-electron chi connectivity index (χ0n) is 14.7. The predicted molar refractivity (Wildman–Crippen MR) is 117 cm³/mol. The summed E-state index contributed by atoms with van der Waals surface area (Å²) >= 11 is 15.9. The highest BCUT2D eigenvalue weighted by Crippen LogP contribution is 2.35. The summed E-state index contributed by atoms with van der Waals surface area (Å²) in [5.41, 5.74) is 4.16. The molecule has 0 spiro atoms. The van der Waals surface area contributed by atoms with E-state index in [0.717, 1.165) is 11.8 Å². The van der Waals surface area contributed by atoms with E-state index in [-0.39, 0.29) is 12.3 Å². The van der Waals surface area contributed by atoms with E-state index in [4.69, 9.17) is 27.9 Å². The minimum absolute atomic E-state index is 0.0948. The maximum absolute atomic E-state index is 10.6. The summed E-state index contributed by atoms with van der Waals surface area (Å²) in [5.74, 6) is 0.866. The number of benzene rings is 2. The predicted octanol–water partition coefficient (Wildman–Crippen LogP) is 6.08. The van der Waals surface area contributed by atoms with Crippen LogP contribution in [0.3, 0.4) is 0 Å². The van der Waals surface area contributed by atoms with Gasteiger partial charge in [-0.05, 0) is 45.8 Å². The van der Waals surface area contributed by atoms with Crippen molar-refractivity contribution in [3.63, 3.8) is 0 Å². The van der Waals surface area contributed by atoms with Crippen LogP contribution in [-0.2, 0) is 6.61 Å². The van der Waals surface area contributed by atoms with Gasteiger partial charge in [-0.25, -0.2) is 4.98 Å². The van der Waals surface area contributed by atoms with Crippen LogP contribution in [0.4, 0.5) is 11.5 Å². The maximum Gasteiger partial charge on any atom is 0.287 e. The minimum Gasteiger partial charge on any atom is -0.486 e. The molecule has 2 aromatic carbocycles. The number of nitrogens with one attached hydrogen (secondary N) is 1. The van der Waals surface area contributed by atoms with E-state index in [0.29, 0.717) is 31.6 Å². The molecule has 0 aliphatic heterocycles. The van der Waals surface area contributed by atoms with Gasteiger partial charge in [0.15, 0.2) is 5.75 Å². The van der Waals surface area contributed by atoms with E-state index >= 15 is 0 Å². The van der Waals surface area contributed by atoms with Crippen molar-refractivity contribution >= 4 is 56.9 Å². The van der Waals surface area contributed by atoms with Crippen molar-refractivity contribution in [3.05, 3.63) is 90.5 Å². The van der Waals surface area contributed by atoms with Gasteiger partial charge in [0.2, 0.25) is 0 Å². The summed E-state index contributed by atoms with van der Waals surface area (Å²) in [6, 6.07) is 13.7. The Bertz CT molecular complexity index is 1040. The quantitative estimate of drug-likeness (QED) is 0.243. The van der Waals surface area contributed by atoms with Crippen LogP contribution in [0.5, 0.6) is 5.75 Å². The van der Waals surface area contributed by atoms with E-state index in [1.807, 2.05) is 18.2 Å². The monoisotopic (exact) mass is 494 g/mol. The van der Waals surface area contributed by atoms with Crippen LogP contribution in [0.25, 0.3) is 0 Å². The van der Waals surface area contributed by atoms with Gasteiger partial charge in [0.05, 0.1) is 20.6 Å². The number of pyridine rings is 1. The number of hydrogen-bond donors (Lipinski definition) is 1. The number of hydrazone groups is 1. The van der Waals surface area contributed by atoms with Gasteiger partial charge in [-0.1, -0.05) is 41.4 Å². The lowest BCUT2D eigenvalue weighted by molar-refractivity contribution is -0.385. The van der Waals surface area contributed by atoms with Gasteiger partial charge >= 0.3 is 0 Å². The second-order valence-corrected chi connectivity index (χ2v) is 7.39. The molecule has 0 atom stereocenters. The Morgan fingerprint density at radius 3 is 2.66 bits per heavy atom. The summed E-state index contributed by atoms with van der Waals surface area (Å²) in [6.45, 7) is 0.277. The number of anilines is 1. The maximum atomic E-state index is 10.6. The highest BCUT2D eigenvalue weighted by atomic mass is 79.9. The summed E-state index contributed by atoms with van der Waals surface area (Å²) in [4.78, 5) is 14.0. The van der Waals surface area contributed by atoms with Crippen LogP contribution >= 0.6 is 39.1 Å². The van der Waals surface area contributed by atoms with E-state index in [2.05, 4.69) is 31.4 Å². The molecule has 0 radical (unpaired) electrons. The van der Waals surface area contributed by atoms with Crippen LogP contribution in [0.1, 0.15) is 11.1 Å². The summed E-state index contributed by atoms with van der Waals surface area (Å²) < 4.78 is 6.46. The molecule has 0 unspecified atom stereocenters. The number of hydrogen-bond acceptors (Lipinski definition) is 6. The fraction of sp³-hybridized carbons (Fsp3) is 0.0526. The van der Waals surface area contributed by atoms with Gasteiger partial charge in [0.1, 0.15) is 18.6 Å². The molecule has 0 aliphatic carbocycles. The van der Waals surface area contributed by atoms with Crippen molar-refractivity contribution in [1.82, 2.24) is 4.98 Å². The molecule has 0 amide bonds. The number of aromatic nitrogens is 1. The smallest absolute Gasteiger partial charge is 0.287 e. The zero-order valence-corrected chi connectivity index (χ0v) is 17.8. The molecule has 1 N–H and O–H groups in total. The minimum atomic E-state index is -0.519. The number of nitro groups is 1. The van der Waals surface area contributed by atoms with Gasteiger partial charge in [0.25, 0.3) is 5.69 Å². The molecule has 29 heavy (non-hydrogen) atoms. The number of rotatable bonds is 7. The first-order chi connectivity index (χ1) is 13.9. The standard InChI is InChI=1S/C19H13BrCl2N4O3/c20-15-7-12(9-24-25-18-6-5-14(10-23-18)26(27)28)8-17(22)19(15)29-11-13-3-1-2-4-16(13)21/h1-10H,11H2,(H,23,25)/b24-9+. The molecule has 10 heteroatoms. The molecule has 0 aliphatic rings. The highest BCUT2D eigenvalue weighted by molar-refractivity contribution is 9.10. The lowest BCUT2D eigenvalue weighted by Gasteiger charge is -2.12. The van der Waals surface area contributed by atoms with Crippen molar-refractivity contribution in [2.75, 3.05) is 5.43 Å². The second kappa shape index (κ2) is 9.69. The Hall–Kier alpha value is -2.68. The number of halogens is 3.